The normalized spacial score (nSPS) is 21.9. The lowest BCUT2D eigenvalue weighted by Gasteiger charge is -2.40. The SMILES string of the molecule is C#CC[N+](C)(C)CCCC(=O)O[C@H]1OC[C@@H](OC(=O)CCC)[C@@H](OC(=O)CCC)[C@H]1OC(=O)CCC.C#CC[N+](C)(C)CCCCO[C@H]1OC[C@@H](OC(=O)CCC)[C@@H](OC(=O)CCC)[C@H]1OC(=O)CCC. The Balaban J connectivity index is 0.000000710. The number of nitrogens with zero attached hydrogens (tertiary/aromatic N) is 2. The second-order valence-electron chi connectivity index (χ2n) is 19.0. The molecule has 0 bridgehead atoms. The summed E-state index contributed by atoms with van der Waals surface area (Å²) in [5, 5.41) is 0. The van der Waals surface area contributed by atoms with Crippen LogP contribution < -0.4 is 0 Å². The first-order valence-corrected chi connectivity index (χ1v) is 25.5. The van der Waals surface area contributed by atoms with Gasteiger partial charge in [-0.1, -0.05) is 41.5 Å². The van der Waals surface area contributed by atoms with Gasteiger partial charge in [-0.15, -0.1) is 12.8 Å². The van der Waals surface area contributed by atoms with Crippen LogP contribution in [-0.4, -0.2) is 174 Å². The van der Waals surface area contributed by atoms with Crippen molar-refractivity contribution in [2.75, 3.05) is 74.2 Å². The van der Waals surface area contributed by atoms with Crippen LogP contribution in [0.15, 0.2) is 0 Å². The van der Waals surface area contributed by atoms with Crippen molar-refractivity contribution in [2.45, 2.75) is 193 Å². The molecule has 0 aliphatic carbocycles. The number of hydrogen-bond donors (Lipinski definition) is 0. The van der Waals surface area contributed by atoms with Crippen LogP contribution in [0, 0.1) is 24.7 Å². The molecule has 2 heterocycles. The lowest BCUT2D eigenvalue weighted by molar-refractivity contribution is -0.883. The number of unbranched alkanes of at least 4 members (excludes halogenated alkanes) is 1. The van der Waals surface area contributed by atoms with Gasteiger partial charge in [-0.2, -0.15) is 0 Å². The predicted molar refractivity (Wildman–Crippen MR) is 260 cm³/mol. The van der Waals surface area contributed by atoms with Crippen LogP contribution in [0.5, 0.6) is 0 Å². The van der Waals surface area contributed by atoms with E-state index in [0.717, 1.165) is 19.4 Å². The van der Waals surface area contributed by atoms with Crippen LogP contribution in [0.2, 0.25) is 0 Å². The first kappa shape index (κ1) is 64.2. The summed E-state index contributed by atoms with van der Waals surface area (Å²) < 4.78 is 57.7. The molecule has 0 saturated carbocycles. The molecule has 0 aromatic heterocycles. The Bertz CT molecular complexity index is 1720. The molecule has 0 N–H and O–H groups in total. The number of carbonyl (C=O) groups is 7. The smallest absolute Gasteiger partial charge is 0.308 e. The van der Waals surface area contributed by atoms with Crippen molar-refractivity contribution in [1.29, 1.82) is 0 Å². The summed E-state index contributed by atoms with van der Waals surface area (Å²) in [5.74, 6) is 1.78. The maximum absolute atomic E-state index is 12.6. The lowest BCUT2D eigenvalue weighted by atomic mass is 10.0. The summed E-state index contributed by atoms with van der Waals surface area (Å²) in [7, 11) is 8.08. The first-order chi connectivity index (χ1) is 33.7. The van der Waals surface area contributed by atoms with E-state index in [0.29, 0.717) is 80.2 Å². The fraction of sp³-hybridized carbons (Fsp3) is 0.788. The molecule has 0 spiro atoms. The van der Waals surface area contributed by atoms with Crippen molar-refractivity contribution >= 4 is 41.8 Å². The maximum atomic E-state index is 12.6. The van der Waals surface area contributed by atoms with Crippen molar-refractivity contribution in [2.24, 2.45) is 0 Å². The van der Waals surface area contributed by atoms with Gasteiger partial charge < -0.3 is 56.3 Å². The van der Waals surface area contributed by atoms with Crippen LogP contribution in [0.25, 0.3) is 0 Å². The Kier molecular flexibility index (Phi) is 32.0. The van der Waals surface area contributed by atoms with Gasteiger partial charge in [-0.05, 0) is 63.2 Å². The molecule has 8 atom stereocenters. The number of terminal acetylenes is 2. The third-order valence-electron chi connectivity index (χ3n) is 11.0. The molecule has 2 saturated heterocycles. The van der Waals surface area contributed by atoms with E-state index in [-0.39, 0.29) is 58.2 Å². The zero-order chi connectivity index (χ0) is 53.4. The minimum Gasteiger partial charge on any atom is -0.456 e. The van der Waals surface area contributed by atoms with Gasteiger partial charge in [0, 0.05) is 44.9 Å². The number of rotatable bonds is 31. The van der Waals surface area contributed by atoms with E-state index in [1.54, 1.807) is 0 Å². The fourth-order valence-corrected chi connectivity index (χ4v) is 7.33. The monoisotopic (exact) mass is 1010 g/mol. The highest BCUT2D eigenvalue weighted by atomic mass is 16.7. The second-order valence-corrected chi connectivity index (χ2v) is 19.0. The van der Waals surface area contributed by atoms with E-state index in [1.165, 1.54) is 0 Å². The van der Waals surface area contributed by atoms with Crippen molar-refractivity contribution < 1.29 is 89.9 Å². The van der Waals surface area contributed by atoms with Gasteiger partial charge in [0.2, 0.25) is 12.4 Å². The molecule has 2 rings (SSSR count). The van der Waals surface area contributed by atoms with Crippen LogP contribution in [0.4, 0.5) is 0 Å². The minimum absolute atomic E-state index is 0.0297. The van der Waals surface area contributed by atoms with E-state index >= 15 is 0 Å². The molecule has 0 aromatic carbocycles. The largest absolute Gasteiger partial charge is 0.456 e. The van der Waals surface area contributed by atoms with E-state index < -0.39 is 91.0 Å². The topological polar surface area (TPSA) is 212 Å². The molecule has 0 aromatic rings. The highest BCUT2D eigenvalue weighted by Gasteiger charge is 2.50. The van der Waals surface area contributed by atoms with Crippen molar-refractivity contribution in [3.8, 4) is 24.7 Å². The van der Waals surface area contributed by atoms with Crippen LogP contribution in [-0.2, 0) is 80.9 Å². The van der Waals surface area contributed by atoms with Crippen molar-refractivity contribution in [3.05, 3.63) is 0 Å². The molecule has 2 aliphatic rings. The van der Waals surface area contributed by atoms with Crippen LogP contribution >= 0.6 is 0 Å². The van der Waals surface area contributed by atoms with E-state index in [4.69, 9.17) is 60.2 Å². The standard InChI is InChI=1S/C26H42NO9.C26H44NO8/c1-7-12-20(28)33-19-18-32-26(36-23(31)15-11-17-27(5,6)16-10-4)25(35-22(30)14-9-3)24(19)34-21(29)13-8-2;1-7-13-21(28)33-20-19-32-26(31-18-12-11-17-27(5,6)16-10-4)25(35-23(30)15-9-3)24(20)34-22(29)14-8-2/h4,19,24-26H,7-9,11-18H2,1-3,5-6H3;4,20,24-26H,7-9,11-19H2,1-3,5-6H3/q2*+1/t19-,24-,25-,26-;20-,24-,25-,26+/m11/s1. The zero-order valence-corrected chi connectivity index (χ0v) is 44.4. The molecule has 0 unspecified atom stereocenters. The van der Waals surface area contributed by atoms with E-state index in [9.17, 15) is 33.6 Å². The highest BCUT2D eigenvalue weighted by molar-refractivity contribution is 5.73. The molecule has 2 fully saturated rings. The van der Waals surface area contributed by atoms with Gasteiger partial charge in [-0.25, -0.2) is 0 Å². The Hall–Kier alpha value is -4.79. The van der Waals surface area contributed by atoms with Crippen LogP contribution in [0.3, 0.4) is 0 Å². The summed E-state index contributed by atoms with van der Waals surface area (Å²) in [6, 6.07) is 0. The molecule has 404 valence electrons. The third kappa shape index (κ3) is 26.5. The average molecular weight is 1010 g/mol. The Morgan fingerprint density at radius 1 is 0.437 bits per heavy atom. The molecule has 19 nitrogen and oxygen atoms in total. The molecular weight excluding hydrogens is 925 g/mol. The molecule has 0 radical (unpaired) electrons. The molecule has 2 aliphatic heterocycles. The lowest BCUT2D eigenvalue weighted by Crippen LogP contribution is -2.58. The van der Waals surface area contributed by atoms with Gasteiger partial charge in [0.1, 0.15) is 13.1 Å². The fourth-order valence-electron chi connectivity index (χ4n) is 7.33. The summed E-state index contributed by atoms with van der Waals surface area (Å²) >= 11 is 0. The highest BCUT2D eigenvalue weighted by Crippen LogP contribution is 2.29. The maximum Gasteiger partial charge on any atom is 0.308 e. The molecular formula is C52H86N2O17+2. The Morgan fingerprint density at radius 3 is 1.14 bits per heavy atom. The molecule has 71 heavy (non-hydrogen) atoms. The minimum atomic E-state index is -1.31. The number of esters is 7. The molecule has 0 amide bonds. The number of carbonyl (C=O) groups excluding carboxylic acids is 7. The van der Waals surface area contributed by atoms with Gasteiger partial charge in [-0.3, -0.25) is 33.6 Å². The summed E-state index contributed by atoms with van der Waals surface area (Å²) in [5.41, 5.74) is 0. The van der Waals surface area contributed by atoms with Gasteiger partial charge in [0.05, 0.1) is 67.5 Å². The summed E-state index contributed by atoms with van der Waals surface area (Å²) in [6.07, 6.45) is 8.83. The first-order valence-electron chi connectivity index (χ1n) is 25.5. The van der Waals surface area contributed by atoms with Gasteiger partial charge in [0.15, 0.2) is 36.8 Å². The number of quaternary nitrogens is 2. The van der Waals surface area contributed by atoms with Gasteiger partial charge >= 0.3 is 41.8 Å². The van der Waals surface area contributed by atoms with E-state index in [2.05, 4.69) is 25.9 Å². The van der Waals surface area contributed by atoms with Gasteiger partial charge in [0.25, 0.3) is 0 Å². The number of ether oxygens (including phenoxy) is 10. The van der Waals surface area contributed by atoms with Crippen molar-refractivity contribution in [3.63, 3.8) is 0 Å². The molecule has 19 heteroatoms. The summed E-state index contributed by atoms with van der Waals surface area (Å²) in [4.78, 5) is 86.5. The Morgan fingerprint density at radius 2 is 0.761 bits per heavy atom. The summed E-state index contributed by atoms with van der Waals surface area (Å²) in [6.45, 7) is 13.9. The van der Waals surface area contributed by atoms with Crippen molar-refractivity contribution in [1.82, 2.24) is 0 Å². The second kappa shape index (κ2) is 35.3. The number of hydrogen-bond acceptors (Lipinski definition) is 17. The average Bonchev–Trinajstić information content (AvgIpc) is 3.27. The quantitative estimate of drug-likeness (QED) is 0.0276. The zero-order valence-electron chi connectivity index (χ0n) is 44.4. The Labute approximate surface area is 423 Å². The predicted octanol–water partition coefficient (Wildman–Crippen LogP) is 5.50. The van der Waals surface area contributed by atoms with E-state index in [1.807, 2.05) is 55.6 Å². The van der Waals surface area contributed by atoms with Crippen LogP contribution in [0.1, 0.15) is 144 Å². The third-order valence-corrected chi connectivity index (χ3v) is 11.0.